The van der Waals surface area contributed by atoms with E-state index < -0.39 is 0 Å². The van der Waals surface area contributed by atoms with Gasteiger partial charge in [-0.15, -0.1) is 0 Å². The molecule has 0 aliphatic carbocycles. The average molecular weight is 479 g/mol. The zero-order valence-corrected chi connectivity index (χ0v) is 26.1. The van der Waals surface area contributed by atoms with Crippen molar-refractivity contribution >= 4 is 5.78 Å². The third kappa shape index (κ3) is 89.4. The molecule has 0 bridgehead atoms. The van der Waals surface area contributed by atoms with Crippen molar-refractivity contribution in [3.8, 4) is 0 Å². The minimum absolute atomic E-state index is 0.343. The van der Waals surface area contributed by atoms with Gasteiger partial charge in [-0.2, -0.15) is 0 Å². The molecule has 0 rings (SSSR count). The zero-order chi connectivity index (χ0) is 27.3. The molecule has 0 heterocycles. The van der Waals surface area contributed by atoms with Crippen LogP contribution in [0.3, 0.4) is 0 Å². The second-order valence-electron chi connectivity index (χ2n) is 7.71. The van der Waals surface area contributed by atoms with Gasteiger partial charge in [0.05, 0.1) is 0 Å². The Morgan fingerprint density at radius 1 is 0.515 bits per heavy atom. The highest BCUT2D eigenvalue weighted by Crippen LogP contribution is 1.88. The van der Waals surface area contributed by atoms with Crippen LogP contribution in [0.1, 0.15) is 134 Å². The third-order valence-corrected chi connectivity index (χ3v) is 4.77. The standard InChI is InChI=1S/2C5H13N.C5H10O.2C5H12.C4H10O/c2*1-4-6(3)5-2;1-3-5(6)4-2;3*1-3-5-4-2/h2*4-5H2,1-3H3;3-4H2,1-2H3;2*3-5H2,1-2H3;3-4H2,1-2H3. The van der Waals surface area contributed by atoms with Crippen LogP contribution in [0.25, 0.3) is 0 Å². The number of nitrogens with zero attached hydrogens (tertiary/aromatic N) is 2. The zero-order valence-electron chi connectivity index (χ0n) is 26.1. The van der Waals surface area contributed by atoms with Gasteiger partial charge in [0.1, 0.15) is 5.78 Å². The summed E-state index contributed by atoms with van der Waals surface area (Å²) in [7, 11) is 4.22. The van der Waals surface area contributed by atoms with Crippen LogP contribution in [0, 0.1) is 0 Å². The highest BCUT2D eigenvalue weighted by molar-refractivity contribution is 5.77. The molecule has 4 nitrogen and oxygen atoms in total. The van der Waals surface area contributed by atoms with Crippen molar-refractivity contribution in [3.63, 3.8) is 0 Å². The van der Waals surface area contributed by atoms with Gasteiger partial charge in [-0.3, -0.25) is 4.79 Å². The van der Waals surface area contributed by atoms with Gasteiger partial charge >= 0.3 is 0 Å². The van der Waals surface area contributed by atoms with E-state index in [2.05, 4.69) is 79.3 Å². The second-order valence-corrected chi connectivity index (χ2v) is 7.71. The van der Waals surface area contributed by atoms with E-state index in [0.717, 1.165) is 39.4 Å². The van der Waals surface area contributed by atoms with Crippen molar-refractivity contribution in [3.05, 3.63) is 0 Å². The van der Waals surface area contributed by atoms with Crippen molar-refractivity contribution < 1.29 is 9.53 Å². The van der Waals surface area contributed by atoms with Gasteiger partial charge < -0.3 is 14.5 Å². The Balaban J connectivity index is -0.0000000664. The Hall–Kier alpha value is -0.450. The Morgan fingerprint density at radius 3 is 0.758 bits per heavy atom. The number of Topliss-reactive ketones (excluding diaryl/α,β-unsaturated/α-hetero) is 1. The van der Waals surface area contributed by atoms with E-state index in [9.17, 15) is 4.79 Å². The molecule has 0 N–H and O–H groups in total. The fraction of sp³-hybridized carbons (Fsp3) is 0.966. The fourth-order valence-electron chi connectivity index (χ4n) is 1.61. The van der Waals surface area contributed by atoms with Gasteiger partial charge in [0, 0.05) is 26.1 Å². The smallest absolute Gasteiger partial charge is 0.132 e. The fourth-order valence-corrected chi connectivity index (χ4v) is 1.61. The number of carbonyl (C=O) groups is 1. The summed E-state index contributed by atoms with van der Waals surface area (Å²) in [6, 6.07) is 0. The Morgan fingerprint density at radius 2 is 0.758 bits per heavy atom. The van der Waals surface area contributed by atoms with Gasteiger partial charge in [-0.1, -0.05) is 108 Å². The number of rotatable bonds is 12. The minimum Gasteiger partial charge on any atom is -0.382 e. The molecule has 0 aromatic carbocycles. The lowest BCUT2D eigenvalue weighted by molar-refractivity contribution is -0.118. The molecule has 0 amide bonds. The molecule has 0 aromatic heterocycles. The Kier molecular flexibility index (Phi) is 74.0. The maximum absolute atomic E-state index is 10.2. The summed E-state index contributed by atoms with van der Waals surface area (Å²) in [5.41, 5.74) is 0. The molecule has 0 fully saturated rings. The SMILES string of the molecule is CCC(=O)CC.CCCCC.CCCCC.CCN(C)CC.CCN(C)CC.CCOCC. The molecule has 0 saturated carbocycles. The summed E-state index contributed by atoms with van der Waals surface area (Å²) in [6.45, 7) is 31.6. The van der Waals surface area contributed by atoms with Gasteiger partial charge in [-0.05, 0) is 54.1 Å². The first-order valence-electron chi connectivity index (χ1n) is 14.1. The van der Waals surface area contributed by atoms with Crippen LogP contribution >= 0.6 is 0 Å². The van der Waals surface area contributed by atoms with Crippen LogP contribution in [0.5, 0.6) is 0 Å². The molecular weight excluding hydrogens is 408 g/mol. The molecule has 33 heavy (non-hydrogen) atoms. The summed E-state index contributed by atoms with van der Waals surface area (Å²) in [4.78, 5) is 14.7. The molecule has 0 unspecified atom stereocenters. The number of hydrogen-bond donors (Lipinski definition) is 0. The third-order valence-electron chi connectivity index (χ3n) is 4.77. The molecule has 0 radical (unpaired) electrons. The molecule has 4 heteroatoms. The molecule has 0 saturated heterocycles. The molecule has 0 atom stereocenters. The summed E-state index contributed by atoms with van der Waals surface area (Å²) < 4.78 is 4.83. The van der Waals surface area contributed by atoms with E-state index in [0.29, 0.717) is 18.6 Å². The van der Waals surface area contributed by atoms with E-state index in [1.54, 1.807) is 0 Å². The predicted octanol–water partition coefficient (Wildman–Crippen LogP) is 8.73. The quantitative estimate of drug-likeness (QED) is 0.281. The number of carbonyl (C=O) groups excluding carboxylic acids is 1. The average Bonchev–Trinajstić information content (AvgIpc) is 2.85. The molecule has 0 aliphatic heterocycles. The molecule has 0 aromatic rings. The number of unbranched alkanes of at least 4 members (excludes halogenated alkanes) is 4. The van der Waals surface area contributed by atoms with E-state index in [-0.39, 0.29) is 0 Å². The second kappa shape index (κ2) is 53.1. The topological polar surface area (TPSA) is 32.8 Å². The van der Waals surface area contributed by atoms with E-state index >= 15 is 0 Å². The maximum atomic E-state index is 10.2. The number of ketones is 1. The summed E-state index contributed by atoms with van der Waals surface area (Å²) in [5, 5.41) is 0. The van der Waals surface area contributed by atoms with Crippen molar-refractivity contribution in [2.75, 3.05) is 53.5 Å². The first-order valence-corrected chi connectivity index (χ1v) is 14.1. The van der Waals surface area contributed by atoms with E-state index in [4.69, 9.17) is 4.74 Å². The lowest BCUT2D eigenvalue weighted by Gasteiger charge is -2.07. The van der Waals surface area contributed by atoms with Crippen LogP contribution < -0.4 is 0 Å². The first-order chi connectivity index (χ1) is 15.7. The maximum Gasteiger partial charge on any atom is 0.132 e. The van der Waals surface area contributed by atoms with Crippen molar-refractivity contribution in [2.45, 2.75) is 134 Å². The molecule has 208 valence electrons. The van der Waals surface area contributed by atoms with E-state index in [1.807, 2.05) is 27.7 Å². The first kappa shape index (κ1) is 46.0. The predicted molar refractivity (Wildman–Crippen MR) is 156 cm³/mol. The summed E-state index contributed by atoms with van der Waals surface area (Å²) in [6.07, 6.45) is 9.53. The van der Waals surface area contributed by atoms with Gasteiger partial charge in [0.15, 0.2) is 0 Å². The van der Waals surface area contributed by atoms with Gasteiger partial charge in [-0.25, -0.2) is 0 Å². The van der Waals surface area contributed by atoms with Crippen LogP contribution in [0.2, 0.25) is 0 Å². The van der Waals surface area contributed by atoms with Crippen molar-refractivity contribution in [1.82, 2.24) is 9.80 Å². The van der Waals surface area contributed by atoms with E-state index in [1.165, 1.54) is 38.5 Å². The summed E-state index contributed by atoms with van der Waals surface area (Å²) in [5.74, 6) is 0.343. The normalized spacial score (nSPS) is 8.97. The lowest BCUT2D eigenvalue weighted by atomic mass is 10.3. The summed E-state index contributed by atoms with van der Waals surface area (Å²) >= 11 is 0. The Bertz CT molecular complexity index is 230. The molecule has 0 aliphatic rings. The molecular formula is C29H70N2O2. The highest BCUT2D eigenvalue weighted by atomic mass is 16.5. The lowest BCUT2D eigenvalue weighted by Crippen LogP contribution is -2.15. The highest BCUT2D eigenvalue weighted by Gasteiger charge is 1.86. The van der Waals surface area contributed by atoms with Gasteiger partial charge in [0.25, 0.3) is 0 Å². The minimum atomic E-state index is 0.343. The van der Waals surface area contributed by atoms with Crippen LogP contribution in [-0.4, -0.2) is 69.1 Å². The monoisotopic (exact) mass is 479 g/mol. The van der Waals surface area contributed by atoms with Crippen LogP contribution in [-0.2, 0) is 9.53 Å². The van der Waals surface area contributed by atoms with Crippen molar-refractivity contribution in [1.29, 1.82) is 0 Å². The van der Waals surface area contributed by atoms with Crippen LogP contribution in [0.4, 0.5) is 0 Å². The van der Waals surface area contributed by atoms with Crippen molar-refractivity contribution in [2.24, 2.45) is 0 Å². The number of hydrogen-bond acceptors (Lipinski definition) is 4. The number of ether oxygens (including phenoxy) is 1. The van der Waals surface area contributed by atoms with Crippen LogP contribution in [0.15, 0.2) is 0 Å². The molecule has 0 spiro atoms. The largest absolute Gasteiger partial charge is 0.382 e. The van der Waals surface area contributed by atoms with Gasteiger partial charge in [0.2, 0.25) is 0 Å². The Labute approximate surface area is 213 Å².